The van der Waals surface area contributed by atoms with Crippen LogP contribution in [0.1, 0.15) is 12.5 Å². The topological polar surface area (TPSA) is 63.7 Å². The van der Waals surface area contributed by atoms with E-state index < -0.39 is 6.10 Å². The van der Waals surface area contributed by atoms with Crippen LogP contribution >= 0.6 is 23.2 Å². The van der Waals surface area contributed by atoms with Gasteiger partial charge in [0.15, 0.2) is 6.10 Å². The maximum Gasteiger partial charge on any atom is 0.261 e. The Kier molecular flexibility index (Phi) is 6.77. The number of morpholine rings is 1. The molecular weight excluding hydrogens is 389 g/mol. The first-order valence-corrected chi connectivity index (χ1v) is 9.46. The largest absolute Gasteiger partial charge is 0.479 e. The van der Waals surface area contributed by atoms with Gasteiger partial charge in [-0.15, -0.1) is 0 Å². The van der Waals surface area contributed by atoms with Gasteiger partial charge in [-0.2, -0.15) is 0 Å². The summed E-state index contributed by atoms with van der Waals surface area (Å²) in [7, 11) is 0. The van der Waals surface area contributed by atoms with E-state index in [1.54, 1.807) is 31.3 Å². The molecule has 0 aliphatic carbocycles. The molecule has 0 spiro atoms. The third-order valence-electron chi connectivity index (χ3n) is 4.20. The number of anilines is 1. The molecule has 1 atom stereocenters. The van der Waals surface area contributed by atoms with E-state index >= 15 is 0 Å². The zero-order valence-electron chi connectivity index (χ0n) is 15.0. The fourth-order valence-electron chi connectivity index (χ4n) is 2.65. The second-order valence-corrected chi connectivity index (χ2v) is 6.94. The Balaban J connectivity index is 1.51. The van der Waals surface area contributed by atoms with Crippen molar-refractivity contribution in [2.24, 2.45) is 0 Å². The Morgan fingerprint density at radius 1 is 1.30 bits per heavy atom. The molecule has 0 radical (unpaired) electrons. The fraction of sp³-hybridized carbons (Fsp3) is 0.368. The van der Waals surface area contributed by atoms with Crippen LogP contribution in [0.2, 0.25) is 10.0 Å². The number of amides is 1. The average molecular weight is 410 g/mol. The van der Waals surface area contributed by atoms with E-state index in [1.807, 2.05) is 12.1 Å². The van der Waals surface area contributed by atoms with Crippen LogP contribution in [0, 0.1) is 0 Å². The number of nitrogens with zero attached hydrogens (tertiary/aromatic N) is 2. The maximum atomic E-state index is 12.3. The number of hydrogen-bond donors (Lipinski definition) is 1. The molecule has 1 amide bonds. The zero-order chi connectivity index (χ0) is 19.2. The number of ether oxygens (including phenoxy) is 2. The van der Waals surface area contributed by atoms with Gasteiger partial charge in [0.2, 0.25) is 0 Å². The van der Waals surface area contributed by atoms with E-state index in [4.69, 9.17) is 32.7 Å². The van der Waals surface area contributed by atoms with Gasteiger partial charge in [0.05, 0.1) is 18.2 Å². The van der Waals surface area contributed by atoms with Crippen LogP contribution < -0.4 is 15.0 Å². The summed E-state index contributed by atoms with van der Waals surface area (Å²) < 4.78 is 11.0. The summed E-state index contributed by atoms with van der Waals surface area (Å²) >= 11 is 12.0. The van der Waals surface area contributed by atoms with Crippen molar-refractivity contribution in [2.45, 2.75) is 19.6 Å². The van der Waals surface area contributed by atoms with Gasteiger partial charge in [-0.1, -0.05) is 35.3 Å². The SMILES string of the molecule is CC(Oc1cccc(Cl)c1Cl)C(=O)NCc1ccc(N2CCOCC2)nc1. The van der Waals surface area contributed by atoms with E-state index in [-0.39, 0.29) is 5.91 Å². The monoisotopic (exact) mass is 409 g/mol. The predicted molar refractivity (Wildman–Crippen MR) is 106 cm³/mol. The highest BCUT2D eigenvalue weighted by Crippen LogP contribution is 2.32. The van der Waals surface area contributed by atoms with Crippen LogP contribution in [-0.4, -0.2) is 43.3 Å². The lowest BCUT2D eigenvalue weighted by Gasteiger charge is -2.27. The highest BCUT2D eigenvalue weighted by molar-refractivity contribution is 6.42. The minimum atomic E-state index is -0.707. The lowest BCUT2D eigenvalue weighted by atomic mass is 10.2. The number of benzene rings is 1. The second-order valence-electron chi connectivity index (χ2n) is 6.15. The summed E-state index contributed by atoms with van der Waals surface area (Å²) in [6.07, 6.45) is 1.06. The molecule has 1 aromatic carbocycles. The Labute approximate surface area is 168 Å². The Morgan fingerprint density at radius 2 is 2.07 bits per heavy atom. The predicted octanol–water partition coefficient (Wildman–Crippen LogP) is 3.31. The molecule has 8 heteroatoms. The summed E-state index contributed by atoms with van der Waals surface area (Å²) in [4.78, 5) is 18.9. The number of rotatable bonds is 6. The van der Waals surface area contributed by atoms with Crippen molar-refractivity contribution in [1.29, 1.82) is 0 Å². The number of aromatic nitrogens is 1. The minimum Gasteiger partial charge on any atom is -0.479 e. The zero-order valence-corrected chi connectivity index (χ0v) is 16.5. The normalized spacial score (nSPS) is 15.3. The highest BCUT2D eigenvalue weighted by atomic mass is 35.5. The van der Waals surface area contributed by atoms with Gasteiger partial charge in [-0.05, 0) is 30.7 Å². The number of carbonyl (C=O) groups is 1. The Bertz CT molecular complexity index is 780. The first-order valence-electron chi connectivity index (χ1n) is 8.70. The molecule has 27 heavy (non-hydrogen) atoms. The van der Waals surface area contributed by atoms with Gasteiger partial charge in [-0.25, -0.2) is 4.98 Å². The van der Waals surface area contributed by atoms with Crippen molar-refractivity contribution >= 4 is 34.9 Å². The molecule has 1 N–H and O–H groups in total. The smallest absolute Gasteiger partial charge is 0.261 e. The van der Waals surface area contributed by atoms with Crippen molar-refractivity contribution in [3.8, 4) is 5.75 Å². The van der Waals surface area contributed by atoms with Crippen LogP contribution in [0.3, 0.4) is 0 Å². The minimum absolute atomic E-state index is 0.247. The molecule has 0 bridgehead atoms. The summed E-state index contributed by atoms with van der Waals surface area (Å²) in [5.74, 6) is 1.05. The lowest BCUT2D eigenvalue weighted by molar-refractivity contribution is -0.127. The summed E-state index contributed by atoms with van der Waals surface area (Å²) in [6, 6.07) is 8.97. The van der Waals surface area contributed by atoms with Crippen molar-refractivity contribution in [1.82, 2.24) is 10.3 Å². The molecule has 1 aromatic heterocycles. The van der Waals surface area contributed by atoms with Crippen molar-refractivity contribution in [3.63, 3.8) is 0 Å². The van der Waals surface area contributed by atoms with Crippen LogP contribution in [0.25, 0.3) is 0 Å². The van der Waals surface area contributed by atoms with Crippen molar-refractivity contribution in [3.05, 3.63) is 52.1 Å². The molecule has 1 unspecified atom stereocenters. The number of pyridine rings is 1. The molecule has 6 nitrogen and oxygen atoms in total. The second kappa shape index (κ2) is 9.26. The summed E-state index contributed by atoms with van der Waals surface area (Å²) in [6.45, 7) is 5.13. The van der Waals surface area contributed by atoms with E-state index in [2.05, 4.69) is 15.2 Å². The first-order chi connectivity index (χ1) is 13.0. The Hall–Kier alpha value is -2.02. The number of hydrogen-bond acceptors (Lipinski definition) is 5. The third kappa shape index (κ3) is 5.25. The van der Waals surface area contributed by atoms with Crippen molar-refractivity contribution < 1.29 is 14.3 Å². The molecule has 1 saturated heterocycles. The quantitative estimate of drug-likeness (QED) is 0.792. The molecule has 2 heterocycles. The van der Waals surface area contributed by atoms with Crippen LogP contribution in [-0.2, 0) is 16.1 Å². The molecule has 3 rings (SSSR count). The van der Waals surface area contributed by atoms with Gasteiger partial charge < -0.3 is 19.7 Å². The van der Waals surface area contributed by atoms with Gasteiger partial charge >= 0.3 is 0 Å². The molecule has 2 aromatic rings. The van der Waals surface area contributed by atoms with Crippen LogP contribution in [0.15, 0.2) is 36.5 Å². The number of carbonyl (C=O) groups excluding carboxylic acids is 1. The van der Waals surface area contributed by atoms with Gasteiger partial charge in [0.25, 0.3) is 5.91 Å². The van der Waals surface area contributed by atoms with Gasteiger partial charge in [-0.3, -0.25) is 4.79 Å². The van der Waals surface area contributed by atoms with E-state index in [9.17, 15) is 4.79 Å². The first kappa shape index (κ1) is 19.7. The molecule has 144 valence electrons. The molecule has 1 aliphatic heterocycles. The molecule has 0 saturated carbocycles. The lowest BCUT2D eigenvalue weighted by Crippen LogP contribution is -2.37. The maximum absolute atomic E-state index is 12.3. The van der Waals surface area contributed by atoms with Crippen LogP contribution in [0.5, 0.6) is 5.75 Å². The third-order valence-corrected chi connectivity index (χ3v) is 5.00. The van der Waals surface area contributed by atoms with Gasteiger partial charge in [0.1, 0.15) is 16.6 Å². The van der Waals surface area contributed by atoms with E-state index in [0.29, 0.717) is 35.6 Å². The standard InChI is InChI=1S/C19H21Cl2N3O3/c1-13(27-16-4-2-3-15(20)18(16)21)19(25)23-12-14-5-6-17(22-11-14)24-7-9-26-10-8-24/h2-6,11,13H,7-10,12H2,1H3,(H,23,25). The summed E-state index contributed by atoms with van der Waals surface area (Å²) in [5.41, 5.74) is 0.911. The average Bonchev–Trinajstić information content (AvgIpc) is 2.70. The number of halogens is 2. The number of nitrogens with one attached hydrogen (secondary N) is 1. The molecule has 1 fully saturated rings. The highest BCUT2D eigenvalue weighted by Gasteiger charge is 2.17. The van der Waals surface area contributed by atoms with E-state index in [0.717, 1.165) is 24.5 Å². The fourth-order valence-corrected chi connectivity index (χ4v) is 2.99. The van der Waals surface area contributed by atoms with Gasteiger partial charge in [0, 0.05) is 25.8 Å². The molecule has 1 aliphatic rings. The van der Waals surface area contributed by atoms with Crippen LogP contribution in [0.4, 0.5) is 5.82 Å². The van der Waals surface area contributed by atoms with E-state index in [1.165, 1.54) is 0 Å². The summed E-state index contributed by atoms with van der Waals surface area (Å²) in [5, 5.41) is 3.51. The van der Waals surface area contributed by atoms with Crippen molar-refractivity contribution in [2.75, 3.05) is 31.2 Å². The Morgan fingerprint density at radius 3 is 2.78 bits per heavy atom. The molecular formula is C19H21Cl2N3O3.